The zero-order valence-corrected chi connectivity index (χ0v) is 9.96. The highest BCUT2D eigenvalue weighted by Gasteiger charge is 2.10. The first-order valence-corrected chi connectivity index (χ1v) is 5.44. The maximum atomic E-state index is 13.5. The van der Waals surface area contributed by atoms with Crippen LogP contribution < -0.4 is 5.32 Å². The lowest BCUT2D eigenvalue weighted by atomic mass is 10.0. The van der Waals surface area contributed by atoms with Gasteiger partial charge in [-0.15, -0.1) is 0 Å². The SMILES string of the molecule is Cc1ccc(CC(C)NC(=O)CC#N)c(F)c1. The number of nitrogens with one attached hydrogen (secondary N) is 1. The molecule has 1 atom stereocenters. The van der Waals surface area contributed by atoms with Gasteiger partial charge in [0, 0.05) is 6.04 Å². The summed E-state index contributed by atoms with van der Waals surface area (Å²) in [5.74, 6) is -0.584. The van der Waals surface area contributed by atoms with Crippen LogP contribution in [0.3, 0.4) is 0 Å². The molecule has 1 unspecified atom stereocenters. The summed E-state index contributed by atoms with van der Waals surface area (Å²) in [5.41, 5.74) is 1.44. The molecule has 0 aliphatic rings. The molecule has 1 N–H and O–H groups in total. The Morgan fingerprint density at radius 1 is 1.59 bits per heavy atom. The van der Waals surface area contributed by atoms with Gasteiger partial charge in [-0.25, -0.2) is 4.39 Å². The van der Waals surface area contributed by atoms with E-state index in [0.717, 1.165) is 5.56 Å². The topological polar surface area (TPSA) is 52.9 Å². The highest BCUT2D eigenvalue weighted by Crippen LogP contribution is 2.11. The van der Waals surface area contributed by atoms with Gasteiger partial charge in [-0.1, -0.05) is 12.1 Å². The first kappa shape index (κ1) is 13.2. The average molecular weight is 234 g/mol. The molecular formula is C13H15FN2O. The molecule has 0 saturated heterocycles. The molecule has 0 saturated carbocycles. The molecule has 1 rings (SSSR count). The predicted molar refractivity (Wildman–Crippen MR) is 62.7 cm³/mol. The van der Waals surface area contributed by atoms with Crippen molar-refractivity contribution in [3.63, 3.8) is 0 Å². The Hall–Kier alpha value is -1.89. The number of nitrogens with zero attached hydrogens (tertiary/aromatic N) is 1. The summed E-state index contributed by atoms with van der Waals surface area (Å²) in [6.45, 7) is 3.61. The number of hydrogen-bond acceptors (Lipinski definition) is 2. The van der Waals surface area contributed by atoms with Crippen LogP contribution in [-0.4, -0.2) is 11.9 Å². The summed E-state index contributed by atoms with van der Waals surface area (Å²) in [6.07, 6.45) is 0.254. The van der Waals surface area contributed by atoms with Crippen molar-refractivity contribution in [3.05, 3.63) is 35.1 Å². The number of rotatable bonds is 4. The molecule has 0 spiro atoms. The smallest absolute Gasteiger partial charge is 0.234 e. The highest BCUT2D eigenvalue weighted by atomic mass is 19.1. The second kappa shape index (κ2) is 6.00. The summed E-state index contributed by atoms with van der Waals surface area (Å²) in [5, 5.41) is 11.0. The molecule has 0 aliphatic carbocycles. The van der Waals surface area contributed by atoms with Crippen molar-refractivity contribution >= 4 is 5.91 Å². The van der Waals surface area contributed by atoms with Gasteiger partial charge < -0.3 is 5.32 Å². The van der Waals surface area contributed by atoms with E-state index >= 15 is 0 Å². The van der Waals surface area contributed by atoms with Gasteiger partial charge in [0.15, 0.2) is 0 Å². The van der Waals surface area contributed by atoms with E-state index in [4.69, 9.17) is 5.26 Å². The molecule has 4 heteroatoms. The van der Waals surface area contributed by atoms with Crippen LogP contribution in [0.15, 0.2) is 18.2 Å². The number of aryl methyl sites for hydroxylation is 1. The van der Waals surface area contributed by atoms with E-state index in [0.29, 0.717) is 12.0 Å². The van der Waals surface area contributed by atoms with Crippen LogP contribution in [0.4, 0.5) is 4.39 Å². The Balaban J connectivity index is 2.59. The number of hydrogen-bond donors (Lipinski definition) is 1. The molecule has 1 aromatic rings. The molecule has 0 radical (unpaired) electrons. The zero-order chi connectivity index (χ0) is 12.8. The van der Waals surface area contributed by atoms with Crippen molar-refractivity contribution in [1.82, 2.24) is 5.32 Å². The third-order valence-corrected chi connectivity index (χ3v) is 2.38. The van der Waals surface area contributed by atoms with Crippen LogP contribution in [0.5, 0.6) is 0 Å². The van der Waals surface area contributed by atoms with Crippen molar-refractivity contribution in [2.24, 2.45) is 0 Å². The minimum Gasteiger partial charge on any atom is -0.352 e. The number of carbonyl (C=O) groups is 1. The third-order valence-electron chi connectivity index (χ3n) is 2.38. The van der Waals surface area contributed by atoms with Gasteiger partial charge in [0.2, 0.25) is 5.91 Å². The van der Waals surface area contributed by atoms with E-state index in [1.165, 1.54) is 6.07 Å². The lowest BCUT2D eigenvalue weighted by molar-refractivity contribution is -0.120. The molecular weight excluding hydrogens is 219 g/mol. The number of nitriles is 1. The summed E-state index contributed by atoms with van der Waals surface area (Å²) in [6, 6.07) is 6.61. The summed E-state index contributed by atoms with van der Waals surface area (Å²) in [4.78, 5) is 11.2. The number of halogens is 1. The summed E-state index contributed by atoms with van der Waals surface area (Å²) in [7, 11) is 0. The minimum absolute atomic E-state index is 0.166. The fourth-order valence-electron chi connectivity index (χ4n) is 1.60. The highest BCUT2D eigenvalue weighted by molar-refractivity contribution is 5.78. The van der Waals surface area contributed by atoms with Crippen molar-refractivity contribution < 1.29 is 9.18 Å². The lowest BCUT2D eigenvalue weighted by Gasteiger charge is -2.13. The molecule has 0 heterocycles. The Morgan fingerprint density at radius 3 is 2.88 bits per heavy atom. The Morgan fingerprint density at radius 2 is 2.29 bits per heavy atom. The predicted octanol–water partition coefficient (Wildman–Crippen LogP) is 2.09. The fourth-order valence-corrected chi connectivity index (χ4v) is 1.60. The van der Waals surface area contributed by atoms with Crippen LogP contribution in [-0.2, 0) is 11.2 Å². The van der Waals surface area contributed by atoms with Gasteiger partial charge in [0.05, 0.1) is 6.07 Å². The van der Waals surface area contributed by atoms with Gasteiger partial charge in [0.25, 0.3) is 0 Å². The third kappa shape index (κ3) is 4.23. The van der Waals surface area contributed by atoms with Gasteiger partial charge in [-0.05, 0) is 37.5 Å². The van der Waals surface area contributed by atoms with E-state index in [2.05, 4.69) is 5.32 Å². The maximum absolute atomic E-state index is 13.5. The van der Waals surface area contributed by atoms with Crippen LogP contribution in [0.1, 0.15) is 24.5 Å². The molecule has 0 aliphatic heterocycles. The van der Waals surface area contributed by atoms with E-state index in [9.17, 15) is 9.18 Å². The number of carbonyl (C=O) groups excluding carboxylic acids is 1. The maximum Gasteiger partial charge on any atom is 0.234 e. The van der Waals surface area contributed by atoms with Gasteiger partial charge in [-0.2, -0.15) is 5.26 Å². The number of amides is 1. The molecule has 0 fully saturated rings. The van der Waals surface area contributed by atoms with Crippen molar-refractivity contribution in [1.29, 1.82) is 5.26 Å². The monoisotopic (exact) mass is 234 g/mol. The first-order valence-electron chi connectivity index (χ1n) is 5.44. The van der Waals surface area contributed by atoms with Crippen LogP contribution in [0.25, 0.3) is 0 Å². The largest absolute Gasteiger partial charge is 0.352 e. The molecule has 0 aromatic heterocycles. The molecule has 1 amide bonds. The van der Waals surface area contributed by atoms with Crippen LogP contribution >= 0.6 is 0 Å². The van der Waals surface area contributed by atoms with Crippen LogP contribution in [0, 0.1) is 24.1 Å². The average Bonchev–Trinajstić information content (AvgIpc) is 2.22. The summed E-state index contributed by atoms with van der Waals surface area (Å²) < 4.78 is 13.5. The van der Waals surface area contributed by atoms with Gasteiger partial charge >= 0.3 is 0 Å². The van der Waals surface area contributed by atoms with Crippen molar-refractivity contribution in [2.45, 2.75) is 32.7 Å². The second-order valence-electron chi connectivity index (χ2n) is 4.10. The Bertz CT molecular complexity index is 451. The fraction of sp³-hybridized carbons (Fsp3) is 0.385. The quantitative estimate of drug-likeness (QED) is 0.867. The Kier molecular flexibility index (Phi) is 4.65. The second-order valence-corrected chi connectivity index (χ2v) is 4.10. The van der Waals surface area contributed by atoms with E-state index in [-0.39, 0.29) is 24.2 Å². The number of benzene rings is 1. The van der Waals surface area contributed by atoms with E-state index < -0.39 is 0 Å². The lowest BCUT2D eigenvalue weighted by Crippen LogP contribution is -2.33. The minimum atomic E-state index is -0.326. The first-order chi connectivity index (χ1) is 8.02. The van der Waals surface area contributed by atoms with Crippen molar-refractivity contribution in [2.75, 3.05) is 0 Å². The standard InChI is InChI=1S/C13H15FN2O/c1-9-3-4-11(12(14)7-9)8-10(2)16-13(17)5-6-15/h3-4,7,10H,5,8H2,1-2H3,(H,16,17). The van der Waals surface area contributed by atoms with Gasteiger partial charge in [-0.3, -0.25) is 4.79 Å². The zero-order valence-electron chi connectivity index (χ0n) is 9.96. The molecule has 17 heavy (non-hydrogen) atoms. The molecule has 3 nitrogen and oxygen atoms in total. The van der Waals surface area contributed by atoms with Crippen LogP contribution in [0.2, 0.25) is 0 Å². The molecule has 0 bridgehead atoms. The van der Waals surface area contributed by atoms with E-state index in [1.54, 1.807) is 19.1 Å². The molecule has 90 valence electrons. The van der Waals surface area contributed by atoms with Crippen molar-refractivity contribution in [3.8, 4) is 6.07 Å². The van der Waals surface area contributed by atoms with Gasteiger partial charge in [0.1, 0.15) is 12.2 Å². The van der Waals surface area contributed by atoms with E-state index in [1.807, 2.05) is 13.0 Å². The normalized spacial score (nSPS) is 11.6. The summed E-state index contributed by atoms with van der Waals surface area (Å²) >= 11 is 0. The Labute approximate surface area is 100 Å². The molecule has 1 aromatic carbocycles.